The molecule has 0 nitrogen and oxygen atoms in total. The van der Waals surface area contributed by atoms with E-state index in [4.69, 9.17) is 0 Å². The Kier molecular flexibility index (Phi) is 3.63. The van der Waals surface area contributed by atoms with Crippen LogP contribution in [-0.2, 0) is 0 Å². The van der Waals surface area contributed by atoms with Crippen molar-refractivity contribution in [3.8, 4) is 0 Å². The molecule has 0 amide bonds. The molecule has 0 aliphatic carbocycles. The lowest BCUT2D eigenvalue weighted by atomic mass is 10.0. The van der Waals surface area contributed by atoms with Gasteiger partial charge < -0.3 is 0 Å². The molecule has 0 aromatic heterocycles. The van der Waals surface area contributed by atoms with Crippen LogP contribution in [0.1, 0.15) is 13.8 Å². The molecule has 79 valence electrons. The van der Waals surface area contributed by atoms with Gasteiger partial charge in [-0.15, -0.1) is 0 Å². The summed E-state index contributed by atoms with van der Waals surface area (Å²) < 4.78 is 71.5. The van der Waals surface area contributed by atoms with Crippen LogP contribution in [0.5, 0.6) is 0 Å². The minimum Gasteiger partial charge on any atom is -0.231 e. The first-order valence-electron chi connectivity index (χ1n) is 3.52. The lowest BCUT2D eigenvalue weighted by Crippen LogP contribution is -2.42. The van der Waals surface area contributed by atoms with Crippen LogP contribution in [0, 0.1) is 12.3 Å². The molecule has 1 unspecified atom stereocenters. The third-order valence-corrected chi connectivity index (χ3v) is 1.18. The Morgan fingerprint density at radius 2 is 1.38 bits per heavy atom. The van der Waals surface area contributed by atoms with E-state index in [2.05, 4.69) is 0 Å². The second-order valence-electron chi connectivity index (χ2n) is 2.99. The van der Waals surface area contributed by atoms with Gasteiger partial charge in [0.05, 0.1) is 0 Å². The summed E-state index contributed by atoms with van der Waals surface area (Å²) in [4.78, 5) is 0. The number of hydrogen-bond donors (Lipinski definition) is 0. The predicted molar refractivity (Wildman–Crippen MR) is 35.0 cm³/mol. The second kappa shape index (κ2) is 3.75. The van der Waals surface area contributed by atoms with E-state index in [0.29, 0.717) is 0 Å². The van der Waals surface area contributed by atoms with Crippen molar-refractivity contribution in [2.24, 2.45) is 5.92 Å². The molecule has 1 radical (unpaired) electrons. The average Bonchev–Trinajstić information content (AvgIpc) is 1.80. The Bertz CT molecular complexity index is 159. The monoisotopic (exact) mass is 207 g/mol. The Morgan fingerprint density at radius 3 is 1.62 bits per heavy atom. The Labute approximate surface area is 71.9 Å². The minimum absolute atomic E-state index is 0.0468. The molecule has 1 atom stereocenters. The Hall–Kier alpha value is -0.420. The van der Waals surface area contributed by atoms with E-state index in [9.17, 15) is 26.3 Å². The molecule has 0 aliphatic heterocycles. The van der Waals surface area contributed by atoms with Crippen LogP contribution in [0.4, 0.5) is 26.3 Å². The van der Waals surface area contributed by atoms with Gasteiger partial charge in [-0.1, -0.05) is 13.8 Å². The molecule has 0 saturated carbocycles. The molecule has 0 aliphatic rings. The number of rotatable bonds is 3. The number of hydrogen-bond acceptors (Lipinski definition) is 0. The predicted octanol–water partition coefficient (Wildman–Crippen LogP) is 3.38. The maximum absolute atomic E-state index is 12.4. The lowest BCUT2D eigenvalue weighted by molar-refractivity contribution is -0.236. The Balaban J connectivity index is 4.45. The van der Waals surface area contributed by atoms with Gasteiger partial charge in [0, 0.05) is 6.42 Å². The fourth-order valence-corrected chi connectivity index (χ4v) is 0.747. The van der Waals surface area contributed by atoms with Crippen LogP contribution in [0.25, 0.3) is 0 Å². The van der Waals surface area contributed by atoms with Crippen molar-refractivity contribution in [3.05, 3.63) is 6.42 Å². The first kappa shape index (κ1) is 12.6. The van der Waals surface area contributed by atoms with E-state index in [1.54, 1.807) is 0 Å². The molecule has 6 heteroatoms. The summed E-state index contributed by atoms with van der Waals surface area (Å²) in [7, 11) is 0. The summed E-state index contributed by atoms with van der Waals surface area (Å²) in [6.45, 7) is 2.49. The quantitative estimate of drug-likeness (QED) is 0.622. The van der Waals surface area contributed by atoms with E-state index in [1.807, 2.05) is 0 Å². The topological polar surface area (TPSA) is 0 Å². The maximum Gasteiger partial charge on any atom is 0.425 e. The first-order chi connectivity index (χ1) is 5.57. The highest BCUT2D eigenvalue weighted by molar-refractivity contribution is 4.95. The van der Waals surface area contributed by atoms with Crippen molar-refractivity contribution in [2.45, 2.75) is 32.1 Å². The summed E-state index contributed by atoms with van der Waals surface area (Å²) in [5.74, 6) is -5.26. The normalized spacial score (nSPS) is 16.4. The maximum atomic E-state index is 12.4. The minimum atomic E-state index is -5.52. The van der Waals surface area contributed by atoms with E-state index in [-0.39, 0.29) is 6.42 Å². The van der Waals surface area contributed by atoms with Gasteiger partial charge in [0.25, 0.3) is 12.1 Å². The number of halogens is 6. The summed E-state index contributed by atoms with van der Waals surface area (Å²) >= 11 is 0. The van der Waals surface area contributed by atoms with Crippen LogP contribution >= 0.6 is 0 Å². The zero-order valence-electron chi connectivity index (χ0n) is 7.00. The van der Waals surface area contributed by atoms with Gasteiger partial charge in [-0.05, 0) is 5.92 Å². The molecular weight excluding hydrogens is 198 g/mol. The molecular formula is C7H9F6. The summed E-state index contributed by atoms with van der Waals surface area (Å²) in [5, 5.41) is 0. The first-order valence-corrected chi connectivity index (χ1v) is 3.52. The van der Waals surface area contributed by atoms with Crippen LogP contribution in [-0.4, -0.2) is 18.3 Å². The van der Waals surface area contributed by atoms with Crippen molar-refractivity contribution in [2.75, 3.05) is 0 Å². The van der Waals surface area contributed by atoms with Gasteiger partial charge in [0.2, 0.25) is 0 Å². The second-order valence-corrected chi connectivity index (χ2v) is 2.99. The third-order valence-electron chi connectivity index (χ3n) is 1.18. The van der Waals surface area contributed by atoms with Gasteiger partial charge in [-0.3, -0.25) is 0 Å². The molecule has 0 aromatic rings. The zero-order valence-corrected chi connectivity index (χ0v) is 7.00. The fraction of sp³-hybridized carbons (Fsp3) is 0.857. The molecule has 0 saturated heterocycles. The third kappa shape index (κ3) is 3.87. The van der Waals surface area contributed by atoms with Crippen LogP contribution < -0.4 is 0 Å². The van der Waals surface area contributed by atoms with Gasteiger partial charge in [0.1, 0.15) is 0 Å². The molecule has 0 heterocycles. The Morgan fingerprint density at radius 1 is 1.00 bits per heavy atom. The zero-order chi connectivity index (χ0) is 10.9. The van der Waals surface area contributed by atoms with Crippen molar-refractivity contribution >= 4 is 0 Å². The van der Waals surface area contributed by atoms with Crippen molar-refractivity contribution in [1.29, 1.82) is 0 Å². The van der Waals surface area contributed by atoms with Crippen molar-refractivity contribution in [1.82, 2.24) is 0 Å². The molecule has 0 N–H and O–H groups in total. The van der Waals surface area contributed by atoms with Crippen LogP contribution in [0.2, 0.25) is 0 Å². The molecule has 0 bridgehead atoms. The summed E-state index contributed by atoms with van der Waals surface area (Å²) in [5.41, 5.74) is 0. The fourth-order valence-electron chi connectivity index (χ4n) is 0.747. The standard InChI is InChI=1S/C7H9F6/c1-4(2)3-6(9,10)5(8)7(11,12)13/h3-5H,1-2H3. The van der Waals surface area contributed by atoms with Crippen molar-refractivity contribution < 1.29 is 26.3 Å². The van der Waals surface area contributed by atoms with E-state index in [0.717, 1.165) is 0 Å². The van der Waals surface area contributed by atoms with Gasteiger partial charge in [0.15, 0.2) is 0 Å². The van der Waals surface area contributed by atoms with E-state index < -0.39 is 24.2 Å². The van der Waals surface area contributed by atoms with E-state index >= 15 is 0 Å². The molecule has 13 heavy (non-hydrogen) atoms. The molecule has 0 spiro atoms. The average molecular weight is 207 g/mol. The molecule has 0 aromatic carbocycles. The van der Waals surface area contributed by atoms with E-state index in [1.165, 1.54) is 13.8 Å². The van der Waals surface area contributed by atoms with Crippen LogP contribution in [0.15, 0.2) is 0 Å². The van der Waals surface area contributed by atoms with Crippen LogP contribution in [0.3, 0.4) is 0 Å². The van der Waals surface area contributed by atoms with Gasteiger partial charge >= 0.3 is 6.18 Å². The summed E-state index contributed by atoms with van der Waals surface area (Å²) in [6, 6.07) is 0. The highest BCUT2D eigenvalue weighted by Crippen LogP contribution is 2.37. The smallest absolute Gasteiger partial charge is 0.231 e. The molecule has 0 rings (SSSR count). The summed E-state index contributed by atoms with van der Waals surface area (Å²) in [6.07, 6.45) is -9.59. The van der Waals surface area contributed by atoms with Gasteiger partial charge in [-0.2, -0.15) is 13.2 Å². The van der Waals surface area contributed by atoms with Gasteiger partial charge in [-0.25, -0.2) is 13.2 Å². The lowest BCUT2D eigenvalue weighted by Gasteiger charge is -2.23. The SMILES string of the molecule is CC(C)[CH]C(F)(F)C(F)C(F)(F)F. The molecule has 0 fully saturated rings. The number of alkyl halides is 6. The largest absolute Gasteiger partial charge is 0.425 e. The highest BCUT2D eigenvalue weighted by atomic mass is 19.4. The highest BCUT2D eigenvalue weighted by Gasteiger charge is 2.56. The van der Waals surface area contributed by atoms with Crippen molar-refractivity contribution in [3.63, 3.8) is 0 Å².